The minimum absolute atomic E-state index is 0.382. The first-order valence-corrected chi connectivity index (χ1v) is 5.01. The van der Waals surface area contributed by atoms with E-state index in [1.165, 1.54) is 5.56 Å². The molecule has 3 nitrogen and oxygen atoms in total. The number of benzene rings is 1. The van der Waals surface area contributed by atoms with Crippen LogP contribution in [0.2, 0.25) is 0 Å². The zero-order chi connectivity index (χ0) is 9.80. The summed E-state index contributed by atoms with van der Waals surface area (Å²) in [5, 5.41) is 3.27. The van der Waals surface area contributed by atoms with Crippen LogP contribution in [0.3, 0.4) is 0 Å². The number of nitrogens with one attached hydrogen (secondary N) is 1. The summed E-state index contributed by atoms with van der Waals surface area (Å²) in [6.07, 6.45) is 1.50. The normalized spacial score (nSPS) is 21.3. The molecule has 1 saturated heterocycles. The van der Waals surface area contributed by atoms with Crippen molar-refractivity contribution in [3.05, 3.63) is 29.8 Å². The lowest BCUT2D eigenvalue weighted by atomic mass is 10.2. The summed E-state index contributed by atoms with van der Waals surface area (Å²) in [7, 11) is 0. The van der Waals surface area contributed by atoms with Gasteiger partial charge in [0, 0.05) is 12.2 Å². The predicted octanol–water partition coefficient (Wildman–Crippen LogP) is 1.15. The number of ether oxygens (including phenoxy) is 1. The van der Waals surface area contributed by atoms with Crippen LogP contribution >= 0.6 is 0 Å². The minimum Gasteiger partial charge on any atom is -0.399 e. The molecule has 0 aliphatic carbocycles. The Bertz CT molecular complexity index is 278. The number of hydrogen-bond acceptors (Lipinski definition) is 3. The molecule has 3 heteroatoms. The van der Waals surface area contributed by atoms with Gasteiger partial charge in [0.2, 0.25) is 0 Å². The zero-order valence-electron chi connectivity index (χ0n) is 8.20. The molecular formula is C11H16N2O. The van der Waals surface area contributed by atoms with Crippen LogP contribution in [0.15, 0.2) is 24.3 Å². The fourth-order valence-corrected chi connectivity index (χ4v) is 1.60. The highest BCUT2D eigenvalue weighted by Gasteiger charge is 2.14. The van der Waals surface area contributed by atoms with Crippen LogP contribution in [0.5, 0.6) is 0 Å². The second kappa shape index (κ2) is 4.44. The van der Waals surface area contributed by atoms with Gasteiger partial charge in [0.1, 0.15) is 0 Å². The summed E-state index contributed by atoms with van der Waals surface area (Å²) in [6, 6.07) is 7.84. The van der Waals surface area contributed by atoms with Crippen molar-refractivity contribution in [2.24, 2.45) is 0 Å². The van der Waals surface area contributed by atoms with Crippen LogP contribution in [-0.4, -0.2) is 19.2 Å². The average molecular weight is 192 g/mol. The predicted molar refractivity (Wildman–Crippen MR) is 56.9 cm³/mol. The monoisotopic (exact) mass is 192 g/mol. The van der Waals surface area contributed by atoms with Crippen LogP contribution < -0.4 is 11.1 Å². The van der Waals surface area contributed by atoms with Crippen molar-refractivity contribution in [1.82, 2.24) is 5.32 Å². The van der Waals surface area contributed by atoms with E-state index < -0.39 is 0 Å². The lowest BCUT2D eigenvalue weighted by Gasteiger charge is -2.10. The van der Waals surface area contributed by atoms with Gasteiger partial charge in [-0.1, -0.05) is 12.1 Å². The average Bonchev–Trinajstić information content (AvgIpc) is 2.70. The lowest BCUT2D eigenvalue weighted by Crippen LogP contribution is -2.16. The fourth-order valence-electron chi connectivity index (χ4n) is 1.60. The van der Waals surface area contributed by atoms with E-state index in [-0.39, 0.29) is 0 Å². The molecule has 1 unspecified atom stereocenters. The van der Waals surface area contributed by atoms with E-state index in [4.69, 9.17) is 10.5 Å². The smallest absolute Gasteiger partial charge is 0.0721 e. The highest BCUT2D eigenvalue weighted by atomic mass is 16.5. The molecule has 76 valence electrons. The Labute approximate surface area is 84.3 Å². The maximum atomic E-state index is 5.73. The van der Waals surface area contributed by atoms with Gasteiger partial charge >= 0.3 is 0 Å². The number of hydrogen-bond donors (Lipinski definition) is 2. The Morgan fingerprint density at radius 1 is 1.36 bits per heavy atom. The largest absolute Gasteiger partial charge is 0.399 e. The lowest BCUT2D eigenvalue weighted by molar-refractivity contribution is 0.0542. The maximum Gasteiger partial charge on any atom is 0.0721 e. The van der Waals surface area contributed by atoms with Crippen LogP contribution in [0.4, 0.5) is 5.69 Å². The number of nitrogen functional groups attached to an aromatic ring is 1. The van der Waals surface area contributed by atoms with Crippen LogP contribution in [-0.2, 0) is 11.3 Å². The van der Waals surface area contributed by atoms with E-state index in [1.54, 1.807) is 0 Å². The van der Waals surface area contributed by atoms with Gasteiger partial charge in [-0.3, -0.25) is 0 Å². The van der Waals surface area contributed by atoms with Crippen molar-refractivity contribution < 1.29 is 4.74 Å². The summed E-state index contributed by atoms with van der Waals surface area (Å²) in [5.74, 6) is 0. The topological polar surface area (TPSA) is 47.3 Å². The Morgan fingerprint density at radius 2 is 2.14 bits per heavy atom. The molecule has 1 atom stereocenters. The first kappa shape index (κ1) is 9.49. The van der Waals surface area contributed by atoms with Gasteiger partial charge in [-0.2, -0.15) is 0 Å². The Balaban J connectivity index is 1.82. The van der Waals surface area contributed by atoms with Crippen molar-refractivity contribution in [3.8, 4) is 0 Å². The van der Waals surface area contributed by atoms with Crippen LogP contribution in [0, 0.1) is 0 Å². The second-order valence-corrected chi connectivity index (χ2v) is 3.67. The molecule has 1 aromatic rings. The van der Waals surface area contributed by atoms with E-state index in [2.05, 4.69) is 5.32 Å². The standard InChI is InChI=1S/C11H16N2O/c12-10-3-1-9(2-4-10)8-14-11-5-6-13-7-11/h1-4,11,13H,5-8,12H2. The third-order valence-corrected chi connectivity index (χ3v) is 2.48. The first-order valence-electron chi connectivity index (χ1n) is 5.01. The van der Waals surface area contributed by atoms with Crippen molar-refractivity contribution in [3.63, 3.8) is 0 Å². The Kier molecular flexibility index (Phi) is 3.01. The highest BCUT2D eigenvalue weighted by molar-refractivity contribution is 5.39. The highest BCUT2D eigenvalue weighted by Crippen LogP contribution is 2.10. The number of nitrogens with two attached hydrogens (primary N) is 1. The molecule has 1 fully saturated rings. The molecule has 2 rings (SSSR count). The summed E-state index contributed by atoms with van der Waals surface area (Å²) < 4.78 is 5.73. The minimum atomic E-state index is 0.382. The molecule has 0 bridgehead atoms. The quantitative estimate of drug-likeness (QED) is 0.706. The fraction of sp³-hybridized carbons (Fsp3) is 0.455. The van der Waals surface area contributed by atoms with Gasteiger partial charge in [0.15, 0.2) is 0 Å². The number of anilines is 1. The van der Waals surface area contributed by atoms with Gasteiger partial charge in [-0.05, 0) is 30.7 Å². The molecule has 0 amide bonds. The van der Waals surface area contributed by atoms with E-state index >= 15 is 0 Å². The molecule has 3 N–H and O–H groups in total. The number of rotatable bonds is 3. The SMILES string of the molecule is Nc1ccc(COC2CCNC2)cc1. The van der Waals surface area contributed by atoms with E-state index in [0.29, 0.717) is 12.7 Å². The van der Waals surface area contributed by atoms with Crippen molar-refractivity contribution in [1.29, 1.82) is 0 Å². The van der Waals surface area contributed by atoms with Gasteiger partial charge in [0.05, 0.1) is 12.7 Å². The molecule has 1 heterocycles. The molecule has 1 aromatic carbocycles. The first-order chi connectivity index (χ1) is 6.84. The van der Waals surface area contributed by atoms with Crippen molar-refractivity contribution in [2.75, 3.05) is 18.8 Å². The van der Waals surface area contributed by atoms with Gasteiger partial charge in [-0.25, -0.2) is 0 Å². The third kappa shape index (κ3) is 2.47. The molecule has 1 aliphatic heterocycles. The zero-order valence-corrected chi connectivity index (χ0v) is 8.20. The molecule has 0 aromatic heterocycles. The molecule has 0 radical (unpaired) electrons. The maximum absolute atomic E-state index is 5.73. The van der Waals surface area contributed by atoms with Crippen molar-refractivity contribution in [2.45, 2.75) is 19.1 Å². The summed E-state index contributed by atoms with van der Waals surface area (Å²) >= 11 is 0. The van der Waals surface area contributed by atoms with Crippen LogP contribution in [0.25, 0.3) is 0 Å². The summed E-state index contributed by atoms with van der Waals surface area (Å²) in [5.41, 5.74) is 7.58. The second-order valence-electron chi connectivity index (χ2n) is 3.67. The van der Waals surface area contributed by atoms with Gasteiger partial charge < -0.3 is 15.8 Å². The third-order valence-electron chi connectivity index (χ3n) is 2.48. The summed E-state index contributed by atoms with van der Waals surface area (Å²) in [6.45, 7) is 2.74. The molecule has 0 saturated carbocycles. The van der Waals surface area contributed by atoms with E-state index in [1.807, 2.05) is 24.3 Å². The van der Waals surface area contributed by atoms with Crippen LogP contribution in [0.1, 0.15) is 12.0 Å². The van der Waals surface area contributed by atoms with Gasteiger partial charge in [-0.15, -0.1) is 0 Å². The molecule has 14 heavy (non-hydrogen) atoms. The Hall–Kier alpha value is -1.06. The summed E-state index contributed by atoms with van der Waals surface area (Å²) in [4.78, 5) is 0. The Morgan fingerprint density at radius 3 is 2.79 bits per heavy atom. The molecule has 1 aliphatic rings. The van der Waals surface area contributed by atoms with Gasteiger partial charge in [0.25, 0.3) is 0 Å². The van der Waals surface area contributed by atoms with E-state index in [9.17, 15) is 0 Å². The van der Waals surface area contributed by atoms with Crippen molar-refractivity contribution >= 4 is 5.69 Å². The molecule has 0 spiro atoms. The van der Waals surface area contributed by atoms with E-state index in [0.717, 1.165) is 25.2 Å². The molecular weight excluding hydrogens is 176 g/mol.